The van der Waals surface area contributed by atoms with Crippen LogP contribution in [0.5, 0.6) is 0 Å². The number of carbonyl (C=O) groups excluding carboxylic acids is 1. The summed E-state index contributed by atoms with van der Waals surface area (Å²) in [7, 11) is 0. The maximum absolute atomic E-state index is 12.0. The summed E-state index contributed by atoms with van der Waals surface area (Å²) in [6.07, 6.45) is 7.42. The zero-order valence-electron chi connectivity index (χ0n) is 18.0. The Morgan fingerprint density at radius 2 is 1.83 bits per heavy atom. The standard InChI is InChI=1S/C26H33NOS/c1-18(2)27-14-13-22(24(16-27)20-11-9-19(3)10-12-20)23-15-25(29-26(23)17-28)21-7-5-4-6-8-21/h4-8,15,17-20H,9-14,16H2,1-3H3. The lowest BCUT2D eigenvalue weighted by Crippen LogP contribution is -2.38. The normalized spacial score (nSPS) is 23.6. The number of rotatable bonds is 5. The molecule has 0 spiro atoms. The third kappa shape index (κ3) is 4.41. The molecule has 3 heteroatoms. The SMILES string of the molecule is CC1CCC(C2=C(c3cc(-c4ccccc4)sc3C=O)CCN(C(C)C)C2)CC1. The number of benzene rings is 1. The van der Waals surface area contributed by atoms with Crippen molar-refractivity contribution >= 4 is 23.2 Å². The number of hydrogen-bond donors (Lipinski definition) is 0. The number of nitrogens with zero attached hydrogens (tertiary/aromatic N) is 1. The van der Waals surface area contributed by atoms with Gasteiger partial charge in [-0.3, -0.25) is 9.69 Å². The lowest BCUT2D eigenvalue weighted by molar-refractivity contribution is 0.112. The van der Waals surface area contributed by atoms with E-state index in [2.05, 4.69) is 56.0 Å². The van der Waals surface area contributed by atoms with Crippen molar-refractivity contribution in [3.63, 3.8) is 0 Å². The van der Waals surface area contributed by atoms with E-state index < -0.39 is 0 Å². The van der Waals surface area contributed by atoms with E-state index in [9.17, 15) is 4.79 Å². The predicted molar refractivity (Wildman–Crippen MR) is 125 cm³/mol. The Morgan fingerprint density at radius 1 is 1.10 bits per heavy atom. The van der Waals surface area contributed by atoms with E-state index in [1.165, 1.54) is 47.3 Å². The van der Waals surface area contributed by atoms with E-state index in [0.29, 0.717) is 12.0 Å². The summed E-state index contributed by atoms with van der Waals surface area (Å²) in [5.41, 5.74) is 5.51. The van der Waals surface area contributed by atoms with Crippen LogP contribution in [0.2, 0.25) is 0 Å². The molecule has 1 aromatic heterocycles. The van der Waals surface area contributed by atoms with Crippen LogP contribution in [0.25, 0.3) is 16.0 Å². The average molecular weight is 408 g/mol. The summed E-state index contributed by atoms with van der Waals surface area (Å²) in [6.45, 7) is 9.17. The Morgan fingerprint density at radius 3 is 2.48 bits per heavy atom. The van der Waals surface area contributed by atoms with Gasteiger partial charge >= 0.3 is 0 Å². The summed E-state index contributed by atoms with van der Waals surface area (Å²) in [5.74, 6) is 1.54. The number of thiophene rings is 1. The van der Waals surface area contributed by atoms with Crippen molar-refractivity contribution in [1.82, 2.24) is 4.90 Å². The lowest BCUT2D eigenvalue weighted by Gasteiger charge is -2.38. The second-order valence-electron chi connectivity index (χ2n) is 9.15. The highest BCUT2D eigenvalue weighted by Crippen LogP contribution is 2.43. The smallest absolute Gasteiger partial charge is 0.160 e. The molecule has 0 atom stereocenters. The first-order valence-electron chi connectivity index (χ1n) is 11.2. The van der Waals surface area contributed by atoms with E-state index in [1.807, 2.05) is 6.07 Å². The Bertz CT molecular complexity index is 871. The topological polar surface area (TPSA) is 20.3 Å². The Hall–Kier alpha value is -1.71. The third-order valence-electron chi connectivity index (χ3n) is 6.90. The highest BCUT2D eigenvalue weighted by molar-refractivity contribution is 7.17. The average Bonchev–Trinajstić information content (AvgIpc) is 3.19. The minimum absolute atomic E-state index is 0.571. The molecule has 154 valence electrons. The van der Waals surface area contributed by atoms with Gasteiger partial charge in [0.15, 0.2) is 6.29 Å². The minimum Gasteiger partial charge on any atom is -0.297 e. The van der Waals surface area contributed by atoms with Gasteiger partial charge in [0.1, 0.15) is 0 Å². The first kappa shape index (κ1) is 20.6. The lowest BCUT2D eigenvalue weighted by atomic mass is 9.75. The van der Waals surface area contributed by atoms with Crippen molar-refractivity contribution in [2.24, 2.45) is 11.8 Å². The van der Waals surface area contributed by atoms with Crippen molar-refractivity contribution in [3.05, 3.63) is 52.4 Å². The van der Waals surface area contributed by atoms with Crippen LogP contribution in [-0.4, -0.2) is 30.3 Å². The molecule has 1 saturated carbocycles. The molecule has 2 aromatic rings. The van der Waals surface area contributed by atoms with Crippen LogP contribution in [0.1, 0.15) is 68.1 Å². The minimum atomic E-state index is 0.571. The van der Waals surface area contributed by atoms with Crippen molar-refractivity contribution in [2.45, 2.75) is 58.9 Å². The van der Waals surface area contributed by atoms with E-state index >= 15 is 0 Å². The van der Waals surface area contributed by atoms with Gasteiger partial charge in [-0.25, -0.2) is 0 Å². The Balaban J connectivity index is 1.76. The fourth-order valence-corrected chi connectivity index (χ4v) is 6.02. The van der Waals surface area contributed by atoms with E-state index in [-0.39, 0.29) is 0 Å². The first-order valence-corrected chi connectivity index (χ1v) is 12.0. The highest BCUT2D eigenvalue weighted by Gasteiger charge is 2.30. The van der Waals surface area contributed by atoms with Gasteiger partial charge < -0.3 is 0 Å². The molecule has 0 saturated heterocycles. The molecule has 0 unspecified atom stereocenters. The molecule has 2 aliphatic rings. The largest absolute Gasteiger partial charge is 0.297 e. The van der Waals surface area contributed by atoms with Gasteiger partial charge in [0.25, 0.3) is 0 Å². The van der Waals surface area contributed by atoms with Crippen LogP contribution < -0.4 is 0 Å². The molecule has 1 fully saturated rings. The molecule has 0 N–H and O–H groups in total. The van der Waals surface area contributed by atoms with Crippen LogP contribution in [0.15, 0.2) is 42.0 Å². The quantitative estimate of drug-likeness (QED) is 0.501. The van der Waals surface area contributed by atoms with E-state index in [0.717, 1.165) is 36.6 Å². The van der Waals surface area contributed by atoms with Crippen molar-refractivity contribution in [1.29, 1.82) is 0 Å². The zero-order chi connectivity index (χ0) is 20.4. The van der Waals surface area contributed by atoms with Crippen molar-refractivity contribution in [2.75, 3.05) is 13.1 Å². The predicted octanol–water partition coefficient (Wildman–Crippen LogP) is 6.92. The third-order valence-corrected chi connectivity index (χ3v) is 8.01. The van der Waals surface area contributed by atoms with Gasteiger partial charge in [-0.1, -0.05) is 50.1 Å². The molecular weight excluding hydrogens is 374 g/mol. The fourth-order valence-electron chi connectivity index (χ4n) is 5.01. The maximum Gasteiger partial charge on any atom is 0.160 e. The fraction of sp³-hybridized carbons (Fsp3) is 0.500. The van der Waals surface area contributed by atoms with Gasteiger partial charge in [-0.05, 0) is 73.3 Å². The molecule has 1 aliphatic heterocycles. The molecule has 4 rings (SSSR count). The van der Waals surface area contributed by atoms with E-state index in [1.54, 1.807) is 16.9 Å². The molecule has 29 heavy (non-hydrogen) atoms. The molecule has 1 aromatic carbocycles. The zero-order valence-corrected chi connectivity index (χ0v) is 18.8. The van der Waals surface area contributed by atoms with Gasteiger partial charge in [0.2, 0.25) is 0 Å². The monoisotopic (exact) mass is 407 g/mol. The molecule has 1 aliphatic carbocycles. The van der Waals surface area contributed by atoms with Crippen molar-refractivity contribution < 1.29 is 4.79 Å². The Labute approximate surface area is 179 Å². The van der Waals surface area contributed by atoms with Crippen LogP contribution in [0, 0.1) is 11.8 Å². The summed E-state index contributed by atoms with van der Waals surface area (Å²) in [5, 5.41) is 0. The van der Waals surface area contributed by atoms with Gasteiger partial charge in [0, 0.05) is 24.0 Å². The second kappa shape index (κ2) is 8.97. The maximum atomic E-state index is 12.0. The van der Waals surface area contributed by atoms with E-state index in [4.69, 9.17) is 0 Å². The van der Waals surface area contributed by atoms with Gasteiger partial charge in [-0.2, -0.15) is 0 Å². The van der Waals surface area contributed by atoms with Crippen LogP contribution in [-0.2, 0) is 0 Å². The van der Waals surface area contributed by atoms with Crippen LogP contribution in [0.3, 0.4) is 0 Å². The molecular formula is C26H33NOS. The molecule has 0 radical (unpaired) electrons. The van der Waals surface area contributed by atoms with Crippen LogP contribution in [0.4, 0.5) is 0 Å². The van der Waals surface area contributed by atoms with Crippen molar-refractivity contribution in [3.8, 4) is 10.4 Å². The van der Waals surface area contributed by atoms with Gasteiger partial charge in [-0.15, -0.1) is 11.3 Å². The number of carbonyl (C=O) groups is 1. The summed E-state index contributed by atoms with van der Waals surface area (Å²) < 4.78 is 0. The first-order chi connectivity index (χ1) is 14.1. The summed E-state index contributed by atoms with van der Waals surface area (Å²) in [6, 6.07) is 13.3. The van der Waals surface area contributed by atoms with Crippen LogP contribution >= 0.6 is 11.3 Å². The summed E-state index contributed by atoms with van der Waals surface area (Å²) in [4.78, 5) is 16.7. The second-order valence-corrected chi connectivity index (χ2v) is 10.2. The molecule has 0 bridgehead atoms. The summed E-state index contributed by atoms with van der Waals surface area (Å²) >= 11 is 1.65. The number of hydrogen-bond acceptors (Lipinski definition) is 3. The molecule has 2 heterocycles. The van der Waals surface area contributed by atoms with Gasteiger partial charge in [0.05, 0.1) is 4.88 Å². The Kier molecular flexibility index (Phi) is 6.36. The molecule has 0 amide bonds. The molecule has 2 nitrogen and oxygen atoms in total. The number of aldehydes is 1. The highest BCUT2D eigenvalue weighted by atomic mass is 32.1.